The Morgan fingerprint density at radius 1 is 0.949 bits per heavy atom. The van der Waals surface area contributed by atoms with Crippen LogP contribution in [0.15, 0.2) is 72.3 Å². The van der Waals surface area contributed by atoms with E-state index in [1.807, 2.05) is 64.1 Å². The van der Waals surface area contributed by atoms with Crippen LogP contribution in [0.2, 0.25) is 0 Å². The predicted molar refractivity (Wildman–Crippen MR) is 151 cm³/mol. The number of carbonyl (C=O) groups excluding carboxylic acids is 2. The molecule has 1 aromatic heterocycles. The molecule has 1 amide bonds. The molecule has 200 valence electrons. The zero-order valence-electron chi connectivity index (χ0n) is 23.0. The number of hydrogen-bond donors (Lipinski definition) is 1. The van der Waals surface area contributed by atoms with E-state index in [2.05, 4.69) is 34.6 Å². The van der Waals surface area contributed by atoms with Crippen molar-refractivity contribution < 1.29 is 23.6 Å². The van der Waals surface area contributed by atoms with Gasteiger partial charge in [-0.05, 0) is 67.1 Å². The fraction of sp³-hybridized carbons (Fsp3) is 0.323. The van der Waals surface area contributed by atoms with Crippen LogP contribution in [-0.2, 0) is 14.0 Å². The van der Waals surface area contributed by atoms with Crippen LogP contribution < -0.4 is 5.32 Å². The van der Waals surface area contributed by atoms with Gasteiger partial charge in [0.2, 0.25) is 0 Å². The summed E-state index contributed by atoms with van der Waals surface area (Å²) in [5, 5.41) is 2.87. The van der Waals surface area contributed by atoms with Crippen LogP contribution in [0.25, 0.3) is 17.2 Å². The second-order valence-electron chi connectivity index (χ2n) is 11.0. The van der Waals surface area contributed by atoms with Gasteiger partial charge in [0.1, 0.15) is 12.3 Å². The molecule has 0 radical (unpaired) electrons. The molecule has 1 aliphatic carbocycles. The lowest BCUT2D eigenvalue weighted by Crippen LogP contribution is -2.41. The van der Waals surface area contributed by atoms with Crippen LogP contribution in [0.1, 0.15) is 67.7 Å². The number of carbonyl (C=O) groups is 2. The van der Waals surface area contributed by atoms with E-state index in [1.165, 1.54) is 18.1 Å². The first-order valence-corrected chi connectivity index (χ1v) is 13.2. The largest absolute Gasteiger partial charge is 0.492 e. The average molecular weight is 524 g/mol. The lowest BCUT2D eigenvalue weighted by molar-refractivity contribution is 0.00578. The van der Waals surface area contributed by atoms with Gasteiger partial charge in [-0.1, -0.05) is 60.7 Å². The minimum absolute atomic E-state index is 0.0212. The zero-order valence-corrected chi connectivity index (χ0v) is 23.0. The molecular formula is C31H33BN2O5. The molecule has 0 spiro atoms. The zero-order chi connectivity index (χ0) is 27.8. The molecule has 3 aromatic rings. The highest BCUT2D eigenvalue weighted by Crippen LogP contribution is 2.44. The molecule has 1 aliphatic heterocycles. The molecule has 39 heavy (non-hydrogen) atoms. The first kappa shape index (κ1) is 26.8. The Morgan fingerprint density at radius 3 is 2.08 bits per heavy atom. The number of pyridine rings is 1. The average Bonchev–Trinajstić information content (AvgIpc) is 3.34. The van der Waals surface area contributed by atoms with Crippen molar-refractivity contribution in [2.75, 3.05) is 13.2 Å². The molecule has 0 atom stereocenters. The van der Waals surface area contributed by atoms with Crippen molar-refractivity contribution in [3.05, 3.63) is 94.7 Å². The van der Waals surface area contributed by atoms with Crippen molar-refractivity contribution in [2.24, 2.45) is 0 Å². The second-order valence-corrected chi connectivity index (χ2v) is 11.0. The topological polar surface area (TPSA) is 86.8 Å². The molecule has 2 aliphatic rings. The number of ether oxygens (including phenoxy) is 1. The Labute approximate surface area is 229 Å². The maximum atomic E-state index is 12.9. The first-order valence-electron chi connectivity index (χ1n) is 13.2. The van der Waals surface area contributed by atoms with E-state index in [1.54, 1.807) is 12.3 Å². The van der Waals surface area contributed by atoms with Gasteiger partial charge >= 0.3 is 13.2 Å². The summed E-state index contributed by atoms with van der Waals surface area (Å²) in [5.74, 6) is -0.124. The lowest BCUT2D eigenvalue weighted by atomic mass is 9.77. The highest BCUT2D eigenvalue weighted by Gasteiger charge is 2.52. The normalized spacial score (nSPS) is 17.5. The third-order valence-electron chi connectivity index (χ3n) is 7.84. The van der Waals surface area contributed by atoms with Crippen molar-refractivity contribution in [1.29, 1.82) is 0 Å². The van der Waals surface area contributed by atoms with E-state index >= 15 is 0 Å². The molecule has 5 rings (SSSR count). The summed E-state index contributed by atoms with van der Waals surface area (Å²) in [6.45, 7) is 9.78. The summed E-state index contributed by atoms with van der Waals surface area (Å²) in [6.07, 6.45) is 2.96. The number of hydrogen-bond acceptors (Lipinski definition) is 6. The van der Waals surface area contributed by atoms with Gasteiger partial charge in [0.05, 0.1) is 11.2 Å². The number of amides is 1. The predicted octanol–water partition coefficient (Wildman–Crippen LogP) is 5.84. The minimum Gasteiger partial charge on any atom is -0.449 e. The molecule has 1 saturated heterocycles. The molecule has 8 heteroatoms. The third-order valence-corrected chi connectivity index (χ3v) is 7.84. The molecule has 0 saturated carbocycles. The van der Waals surface area contributed by atoms with Crippen molar-refractivity contribution in [3.63, 3.8) is 0 Å². The third kappa shape index (κ3) is 5.40. The van der Waals surface area contributed by atoms with E-state index in [4.69, 9.17) is 14.0 Å². The molecule has 0 unspecified atom stereocenters. The van der Waals surface area contributed by atoms with E-state index in [0.29, 0.717) is 11.2 Å². The molecule has 1 N–H and O–H groups in total. The van der Waals surface area contributed by atoms with Gasteiger partial charge in [-0.3, -0.25) is 9.78 Å². The fourth-order valence-electron chi connectivity index (χ4n) is 4.93. The number of aromatic nitrogens is 1. The first-order chi connectivity index (χ1) is 18.6. The SMILES string of the molecule is CC(=O)c1ccc(C=C(CNC(=O)OCC2c3ccccc3-c3ccccc32)B2OC(C)(C)C(C)(C)O2)cn1. The van der Waals surface area contributed by atoms with Gasteiger partial charge in [-0.2, -0.15) is 0 Å². The van der Waals surface area contributed by atoms with Crippen LogP contribution in [-0.4, -0.2) is 48.3 Å². The number of nitrogens with zero attached hydrogens (tertiary/aromatic N) is 1. The Hall–Kier alpha value is -3.75. The summed E-state index contributed by atoms with van der Waals surface area (Å²) >= 11 is 0. The molecule has 2 heterocycles. The quantitative estimate of drug-likeness (QED) is 0.309. The van der Waals surface area contributed by atoms with Crippen LogP contribution in [0.5, 0.6) is 0 Å². The number of Topliss-reactive ketones (excluding diaryl/α,β-unsaturated/α-hetero) is 1. The van der Waals surface area contributed by atoms with Gasteiger partial charge in [0.25, 0.3) is 0 Å². The Kier molecular flexibility index (Phi) is 7.18. The standard InChI is InChI=1S/C31H33BN2O5/c1-20(35)28-15-14-21(17-33-28)16-22(32-38-30(2,3)31(4,5)39-32)18-34-29(36)37-19-27-25-12-8-6-10-23(25)24-11-7-9-13-26(24)27/h6-17,27H,18-19H2,1-5H3,(H,34,36). The molecule has 0 bridgehead atoms. The van der Waals surface area contributed by atoms with Crippen molar-refractivity contribution in [1.82, 2.24) is 10.3 Å². The van der Waals surface area contributed by atoms with Gasteiger partial charge in [-0.15, -0.1) is 0 Å². The van der Waals surface area contributed by atoms with E-state index in [-0.39, 0.29) is 24.9 Å². The van der Waals surface area contributed by atoms with Gasteiger partial charge in [-0.25, -0.2) is 4.79 Å². The molecule has 2 aromatic carbocycles. The molecular weight excluding hydrogens is 491 g/mol. The maximum Gasteiger partial charge on any atom is 0.492 e. The number of nitrogens with one attached hydrogen (secondary N) is 1. The summed E-state index contributed by atoms with van der Waals surface area (Å²) < 4.78 is 18.2. The summed E-state index contributed by atoms with van der Waals surface area (Å²) in [5.41, 5.74) is 5.44. The number of benzene rings is 2. The number of rotatable bonds is 7. The van der Waals surface area contributed by atoms with E-state index < -0.39 is 24.4 Å². The lowest BCUT2D eigenvalue weighted by Gasteiger charge is -2.32. The van der Waals surface area contributed by atoms with Crippen LogP contribution in [0, 0.1) is 0 Å². The molecule has 1 fully saturated rings. The van der Waals surface area contributed by atoms with Gasteiger partial charge in [0, 0.05) is 25.6 Å². The van der Waals surface area contributed by atoms with Gasteiger partial charge < -0.3 is 19.4 Å². The van der Waals surface area contributed by atoms with Crippen molar-refractivity contribution in [3.8, 4) is 11.1 Å². The smallest absolute Gasteiger partial charge is 0.449 e. The van der Waals surface area contributed by atoms with Gasteiger partial charge in [0.15, 0.2) is 5.78 Å². The highest BCUT2D eigenvalue weighted by molar-refractivity contribution is 6.56. The molecule has 7 nitrogen and oxygen atoms in total. The fourth-order valence-corrected chi connectivity index (χ4v) is 4.93. The van der Waals surface area contributed by atoms with Crippen molar-refractivity contribution in [2.45, 2.75) is 51.7 Å². The monoisotopic (exact) mass is 524 g/mol. The van der Waals surface area contributed by atoms with E-state index in [0.717, 1.165) is 16.7 Å². The number of ketones is 1. The summed E-state index contributed by atoms with van der Waals surface area (Å²) in [6, 6.07) is 19.9. The van der Waals surface area contributed by atoms with Crippen LogP contribution in [0.3, 0.4) is 0 Å². The van der Waals surface area contributed by atoms with Crippen LogP contribution in [0.4, 0.5) is 4.79 Å². The van der Waals surface area contributed by atoms with E-state index in [9.17, 15) is 9.59 Å². The number of alkyl carbamates (subject to hydrolysis) is 1. The second kappa shape index (κ2) is 10.4. The minimum atomic E-state index is -0.670. The number of fused-ring (bicyclic) bond motifs is 3. The Bertz CT molecular complexity index is 1370. The maximum absolute atomic E-state index is 12.9. The summed E-state index contributed by atoms with van der Waals surface area (Å²) in [7, 11) is -0.670. The summed E-state index contributed by atoms with van der Waals surface area (Å²) in [4.78, 5) is 28.7. The Morgan fingerprint density at radius 2 is 1.54 bits per heavy atom. The van der Waals surface area contributed by atoms with Crippen molar-refractivity contribution >= 4 is 25.1 Å². The highest BCUT2D eigenvalue weighted by atomic mass is 16.7. The Balaban J connectivity index is 1.30. The van der Waals surface area contributed by atoms with Crippen LogP contribution >= 0.6 is 0 Å².